The second-order valence-electron chi connectivity index (χ2n) is 3.01. The summed E-state index contributed by atoms with van der Waals surface area (Å²) in [4.78, 5) is 10.8. The van der Waals surface area contributed by atoms with Crippen LogP contribution in [0.2, 0.25) is 0 Å². The van der Waals surface area contributed by atoms with E-state index in [-0.39, 0.29) is 12.2 Å². The molecule has 0 aromatic carbocycles. The predicted octanol–water partition coefficient (Wildman–Crippen LogP) is 0.526. The van der Waals surface area contributed by atoms with Crippen LogP contribution in [0, 0.1) is 0 Å². The Hall–Kier alpha value is -1.36. The van der Waals surface area contributed by atoms with Crippen molar-refractivity contribution in [2.24, 2.45) is 0 Å². The first-order chi connectivity index (χ1) is 6.70. The zero-order chi connectivity index (χ0) is 10.6. The molecule has 0 aliphatic rings. The number of aromatic nitrogens is 2. The molecule has 0 saturated carbocycles. The van der Waals surface area contributed by atoms with Crippen molar-refractivity contribution in [2.45, 2.75) is 26.3 Å². The van der Waals surface area contributed by atoms with Crippen molar-refractivity contribution < 1.29 is 15.0 Å². The SMILES string of the molecule is CCCc1c(C(=O)O)cnn1CCO. The van der Waals surface area contributed by atoms with E-state index >= 15 is 0 Å². The van der Waals surface area contributed by atoms with Crippen LogP contribution in [0.15, 0.2) is 6.20 Å². The number of hydrogen-bond acceptors (Lipinski definition) is 3. The largest absolute Gasteiger partial charge is 0.478 e. The summed E-state index contributed by atoms with van der Waals surface area (Å²) in [6.45, 7) is 2.29. The summed E-state index contributed by atoms with van der Waals surface area (Å²) >= 11 is 0. The van der Waals surface area contributed by atoms with Crippen molar-refractivity contribution >= 4 is 5.97 Å². The van der Waals surface area contributed by atoms with E-state index in [1.165, 1.54) is 6.20 Å². The molecule has 2 N–H and O–H groups in total. The van der Waals surface area contributed by atoms with Crippen molar-refractivity contribution in [1.82, 2.24) is 9.78 Å². The zero-order valence-electron chi connectivity index (χ0n) is 8.10. The van der Waals surface area contributed by atoms with Crippen molar-refractivity contribution in [1.29, 1.82) is 0 Å². The van der Waals surface area contributed by atoms with Gasteiger partial charge in [0.2, 0.25) is 0 Å². The zero-order valence-corrected chi connectivity index (χ0v) is 8.10. The molecule has 0 amide bonds. The highest BCUT2D eigenvalue weighted by molar-refractivity contribution is 5.88. The number of aliphatic hydroxyl groups is 1. The molecular weight excluding hydrogens is 184 g/mol. The maximum Gasteiger partial charge on any atom is 0.339 e. The van der Waals surface area contributed by atoms with E-state index in [1.807, 2.05) is 6.92 Å². The third-order valence-electron chi connectivity index (χ3n) is 1.98. The van der Waals surface area contributed by atoms with Crippen molar-refractivity contribution in [3.63, 3.8) is 0 Å². The summed E-state index contributed by atoms with van der Waals surface area (Å²) in [6.07, 6.45) is 2.86. The highest BCUT2D eigenvalue weighted by atomic mass is 16.4. The summed E-state index contributed by atoms with van der Waals surface area (Å²) in [5.41, 5.74) is 0.925. The first-order valence-electron chi connectivity index (χ1n) is 4.59. The molecule has 0 aliphatic heterocycles. The van der Waals surface area contributed by atoms with E-state index in [2.05, 4.69) is 5.10 Å². The monoisotopic (exact) mass is 198 g/mol. The molecule has 14 heavy (non-hydrogen) atoms. The van der Waals surface area contributed by atoms with Gasteiger partial charge in [0, 0.05) is 0 Å². The number of hydrogen-bond donors (Lipinski definition) is 2. The molecule has 0 aliphatic carbocycles. The van der Waals surface area contributed by atoms with Gasteiger partial charge in [-0.3, -0.25) is 4.68 Å². The molecule has 5 nitrogen and oxygen atoms in total. The quantitative estimate of drug-likeness (QED) is 0.723. The molecule has 5 heteroatoms. The molecule has 0 bridgehead atoms. The molecule has 0 radical (unpaired) electrons. The highest BCUT2D eigenvalue weighted by Gasteiger charge is 2.15. The van der Waals surface area contributed by atoms with Crippen molar-refractivity contribution in [2.75, 3.05) is 6.61 Å². The number of carboxylic acids is 1. The van der Waals surface area contributed by atoms with Crippen LogP contribution in [-0.2, 0) is 13.0 Å². The average molecular weight is 198 g/mol. The number of carbonyl (C=O) groups is 1. The maximum absolute atomic E-state index is 10.8. The number of nitrogens with zero attached hydrogens (tertiary/aromatic N) is 2. The Morgan fingerprint density at radius 2 is 2.36 bits per heavy atom. The van der Waals surface area contributed by atoms with Crippen LogP contribution in [0.4, 0.5) is 0 Å². The molecule has 1 heterocycles. The van der Waals surface area contributed by atoms with E-state index in [9.17, 15) is 4.79 Å². The lowest BCUT2D eigenvalue weighted by Crippen LogP contribution is -2.10. The van der Waals surface area contributed by atoms with E-state index in [4.69, 9.17) is 10.2 Å². The minimum absolute atomic E-state index is 0.0303. The molecule has 0 unspecified atom stereocenters. The van der Waals surface area contributed by atoms with Gasteiger partial charge in [-0.2, -0.15) is 5.10 Å². The van der Waals surface area contributed by atoms with Gasteiger partial charge in [-0.05, 0) is 6.42 Å². The molecule has 1 rings (SSSR count). The fraction of sp³-hybridized carbons (Fsp3) is 0.556. The summed E-state index contributed by atoms with van der Waals surface area (Å²) in [7, 11) is 0. The fourth-order valence-electron chi connectivity index (χ4n) is 1.38. The topological polar surface area (TPSA) is 75.3 Å². The lowest BCUT2D eigenvalue weighted by atomic mass is 10.1. The Morgan fingerprint density at radius 1 is 1.64 bits per heavy atom. The number of aromatic carboxylic acids is 1. The molecular formula is C9H14N2O3. The van der Waals surface area contributed by atoms with Crippen molar-refractivity contribution in [3.8, 4) is 0 Å². The Bertz CT molecular complexity index is 320. The smallest absolute Gasteiger partial charge is 0.339 e. The summed E-state index contributed by atoms with van der Waals surface area (Å²) in [5.74, 6) is -0.961. The van der Waals surface area contributed by atoms with Crippen LogP contribution in [0.5, 0.6) is 0 Å². The van der Waals surface area contributed by atoms with Crippen LogP contribution in [0.25, 0.3) is 0 Å². The minimum Gasteiger partial charge on any atom is -0.478 e. The molecule has 0 spiro atoms. The van der Waals surface area contributed by atoms with E-state index in [0.29, 0.717) is 18.7 Å². The normalized spacial score (nSPS) is 10.4. The summed E-state index contributed by atoms with van der Waals surface area (Å²) in [6, 6.07) is 0. The third kappa shape index (κ3) is 2.11. The Morgan fingerprint density at radius 3 is 2.86 bits per heavy atom. The van der Waals surface area contributed by atoms with Crippen LogP contribution in [-0.4, -0.2) is 32.6 Å². The van der Waals surface area contributed by atoms with Gasteiger partial charge in [0.1, 0.15) is 5.56 Å². The first kappa shape index (κ1) is 10.7. The number of rotatable bonds is 5. The summed E-state index contributed by atoms with van der Waals surface area (Å²) < 4.78 is 1.55. The lowest BCUT2D eigenvalue weighted by molar-refractivity contribution is 0.0695. The Kier molecular flexibility index (Phi) is 3.64. The second-order valence-corrected chi connectivity index (χ2v) is 3.01. The van der Waals surface area contributed by atoms with Gasteiger partial charge in [0.05, 0.1) is 25.0 Å². The van der Waals surface area contributed by atoms with Gasteiger partial charge >= 0.3 is 5.97 Å². The maximum atomic E-state index is 10.8. The second kappa shape index (κ2) is 4.76. The highest BCUT2D eigenvalue weighted by Crippen LogP contribution is 2.10. The molecule has 1 aromatic rings. The predicted molar refractivity (Wildman–Crippen MR) is 50.3 cm³/mol. The van der Waals surface area contributed by atoms with E-state index < -0.39 is 5.97 Å². The number of aliphatic hydroxyl groups excluding tert-OH is 1. The summed E-state index contributed by atoms with van der Waals surface area (Å²) in [5, 5.41) is 21.5. The number of carboxylic acid groups (broad SMARTS) is 1. The molecule has 0 fully saturated rings. The van der Waals surface area contributed by atoms with Crippen LogP contribution in [0.1, 0.15) is 29.4 Å². The van der Waals surface area contributed by atoms with Crippen LogP contribution >= 0.6 is 0 Å². The third-order valence-corrected chi connectivity index (χ3v) is 1.98. The average Bonchev–Trinajstić information content (AvgIpc) is 2.50. The molecule has 1 aromatic heterocycles. The Balaban J connectivity index is 3.00. The van der Waals surface area contributed by atoms with Gasteiger partial charge in [0.25, 0.3) is 0 Å². The fourth-order valence-corrected chi connectivity index (χ4v) is 1.38. The molecule has 0 atom stereocenters. The molecule has 0 saturated heterocycles. The minimum atomic E-state index is -0.961. The van der Waals surface area contributed by atoms with Gasteiger partial charge in [0.15, 0.2) is 0 Å². The van der Waals surface area contributed by atoms with E-state index in [1.54, 1.807) is 4.68 Å². The lowest BCUT2D eigenvalue weighted by Gasteiger charge is -2.05. The van der Waals surface area contributed by atoms with Gasteiger partial charge in [-0.25, -0.2) is 4.79 Å². The van der Waals surface area contributed by atoms with Gasteiger partial charge < -0.3 is 10.2 Å². The van der Waals surface area contributed by atoms with Gasteiger partial charge in [-0.1, -0.05) is 13.3 Å². The van der Waals surface area contributed by atoms with Crippen LogP contribution < -0.4 is 0 Å². The van der Waals surface area contributed by atoms with Crippen LogP contribution in [0.3, 0.4) is 0 Å². The Labute approximate surface area is 82.0 Å². The van der Waals surface area contributed by atoms with E-state index in [0.717, 1.165) is 6.42 Å². The van der Waals surface area contributed by atoms with Gasteiger partial charge in [-0.15, -0.1) is 0 Å². The standard InChI is InChI=1S/C9H14N2O3/c1-2-3-8-7(9(13)14)6-10-11(8)4-5-12/h6,12H,2-5H2,1H3,(H,13,14). The first-order valence-corrected chi connectivity index (χ1v) is 4.59. The molecule has 78 valence electrons. The van der Waals surface area contributed by atoms with Crippen molar-refractivity contribution in [3.05, 3.63) is 17.5 Å².